The number of nitrogens with two attached hydrogens (primary N) is 1. The molecule has 2 N–H and O–H groups in total. The minimum Gasteiger partial charge on any atom is -0.319 e. The van der Waals surface area contributed by atoms with Crippen LogP contribution in [0.4, 0.5) is 0 Å². The maximum Gasteiger partial charge on any atom is 0.113 e. The van der Waals surface area contributed by atoms with Crippen molar-refractivity contribution in [1.29, 1.82) is 0 Å². The number of rotatable bonds is 2. The third-order valence-corrected chi connectivity index (χ3v) is 5.03. The van der Waals surface area contributed by atoms with Gasteiger partial charge in [-0.2, -0.15) is 0 Å². The minimum absolute atomic E-state index is 0.209. The maximum atomic E-state index is 6.71. The SMILES string of the molecule is CC1CC(C)(C)CC(N)(c2nc(C(C)C)cs2)C1. The number of nitrogens with zero attached hydrogens (tertiary/aromatic N) is 1. The zero-order valence-electron chi connectivity index (χ0n) is 12.3. The van der Waals surface area contributed by atoms with Crippen molar-refractivity contribution in [3.05, 3.63) is 16.1 Å². The molecule has 1 aliphatic rings. The Balaban J connectivity index is 2.29. The van der Waals surface area contributed by atoms with Crippen LogP contribution in [-0.4, -0.2) is 4.98 Å². The van der Waals surface area contributed by atoms with Gasteiger partial charge in [0, 0.05) is 5.38 Å². The summed E-state index contributed by atoms with van der Waals surface area (Å²) < 4.78 is 0. The Bertz CT molecular complexity index is 422. The molecule has 1 heterocycles. The van der Waals surface area contributed by atoms with Gasteiger partial charge < -0.3 is 5.73 Å². The Morgan fingerprint density at radius 3 is 2.56 bits per heavy atom. The molecule has 0 radical (unpaired) electrons. The molecular formula is C15H26N2S. The van der Waals surface area contributed by atoms with Crippen molar-refractivity contribution in [2.75, 3.05) is 0 Å². The normalized spacial score (nSPS) is 31.8. The minimum atomic E-state index is -0.209. The van der Waals surface area contributed by atoms with E-state index in [-0.39, 0.29) is 5.54 Å². The lowest BCUT2D eigenvalue weighted by Crippen LogP contribution is -2.46. The lowest BCUT2D eigenvalue weighted by molar-refractivity contribution is 0.107. The fraction of sp³-hybridized carbons (Fsp3) is 0.800. The van der Waals surface area contributed by atoms with Crippen LogP contribution in [-0.2, 0) is 5.54 Å². The summed E-state index contributed by atoms with van der Waals surface area (Å²) >= 11 is 1.75. The Kier molecular flexibility index (Phi) is 3.58. The molecule has 1 fully saturated rings. The van der Waals surface area contributed by atoms with Crippen LogP contribution < -0.4 is 5.73 Å². The molecule has 0 bridgehead atoms. The van der Waals surface area contributed by atoms with Crippen molar-refractivity contribution in [2.45, 2.75) is 65.3 Å². The third-order valence-electron chi connectivity index (χ3n) is 3.95. The molecule has 1 aromatic heterocycles. The van der Waals surface area contributed by atoms with Crippen LogP contribution in [0.1, 0.15) is 70.5 Å². The van der Waals surface area contributed by atoms with E-state index in [0.29, 0.717) is 17.3 Å². The average Bonchev–Trinajstić information content (AvgIpc) is 2.61. The summed E-state index contributed by atoms with van der Waals surface area (Å²) in [4.78, 5) is 4.80. The van der Waals surface area contributed by atoms with E-state index in [9.17, 15) is 0 Å². The predicted octanol–water partition coefficient (Wildman–Crippen LogP) is 4.27. The van der Waals surface area contributed by atoms with Crippen molar-refractivity contribution >= 4 is 11.3 Å². The van der Waals surface area contributed by atoms with Gasteiger partial charge in [-0.1, -0.05) is 34.6 Å². The fourth-order valence-electron chi connectivity index (χ4n) is 3.58. The van der Waals surface area contributed by atoms with Gasteiger partial charge in [0.1, 0.15) is 5.01 Å². The quantitative estimate of drug-likeness (QED) is 0.868. The highest BCUT2D eigenvalue weighted by molar-refractivity contribution is 7.09. The molecule has 18 heavy (non-hydrogen) atoms. The van der Waals surface area contributed by atoms with Crippen molar-refractivity contribution in [1.82, 2.24) is 4.98 Å². The first-order valence-electron chi connectivity index (χ1n) is 6.97. The molecule has 2 unspecified atom stereocenters. The van der Waals surface area contributed by atoms with E-state index in [1.165, 1.54) is 12.1 Å². The first kappa shape index (κ1) is 14.0. The molecule has 0 spiro atoms. The summed E-state index contributed by atoms with van der Waals surface area (Å²) in [6, 6.07) is 0. The number of hydrogen-bond donors (Lipinski definition) is 1. The van der Waals surface area contributed by atoms with Gasteiger partial charge in [0.05, 0.1) is 11.2 Å². The molecule has 0 aromatic carbocycles. The Morgan fingerprint density at radius 2 is 2.06 bits per heavy atom. The molecule has 1 aromatic rings. The Morgan fingerprint density at radius 1 is 1.39 bits per heavy atom. The summed E-state index contributed by atoms with van der Waals surface area (Å²) in [5.41, 5.74) is 8.02. The fourth-order valence-corrected chi connectivity index (χ4v) is 4.68. The van der Waals surface area contributed by atoms with Gasteiger partial charge in [-0.15, -0.1) is 11.3 Å². The predicted molar refractivity (Wildman–Crippen MR) is 78.9 cm³/mol. The first-order chi connectivity index (χ1) is 8.22. The summed E-state index contributed by atoms with van der Waals surface area (Å²) in [5.74, 6) is 1.18. The average molecular weight is 266 g/mol. The molecule has 102 valence electrons. The zero-order valence-corrected chi connectivity index (χ0v) is 13.1. The highest BCUT2D eigenvalue weighted by Gasteiger charge is 2.43. The van der Waals surface area contributed by atoms with Gasteiger partial charge in [-0.05, 0) is 36.5 Å². The molecule has 2 nitrogen and oxygen atoms in total. The monoisotopic (exact) mass is 266 g/mol. The molecule has 2 atom stereocenters. The molecule has 0 saturated heterocycles. The molecule has 0 amide bonds. The summed E-state index contributed by atoms with van der Waals surface area (Å²) in [5, 5.41) is 3.33. The smallest absolute Gasteiger partial charge is 0.113 e. The van der Waals surface area contributed by atoms with Crippen molar-refractivity contribution in [2.24, 2.45) is 17.1 Å². The molecule has 0 aliphatic heterocycles. The summed E-state index contributed by atoms with van der Waals surface area (Å²) in [6.07, 6.45) is 3.39. The van der Waals surface area contributed by atoms with E-state index in [1.807, 2.05) is 0 Å². The highest BCUT2D eigenvalue weighted by atomic mass is 32.1. The van der Waals surface area contributed by atoms with E-state index in [1.54, 1.807) is 11.3 Å². The van der Waals surface area contributed by atoms with Crippen LogP contribution in [0.5, 0.6) is 0 Å². The van der Waals surface area contributed by atoms with Crippen molar-refractivity contribution in [3.8, 4) is 0 Å². The molecule has 3 heteroatoms. The van der Waals surface area contributed by atoms with Crippen LogP contribution in [0.15, 0.2) is 5.38 Å². The Labute approximate surface area is 115 Å². The van der Waals surface area contributed by atoms with Crippen molar-refractivity contribution < 1.29 is 0 Å². The number of thiazole rings is 1. The van der Waals surface area contributed by atoms with Gasteiger partial charge in [0.2, 0.25) is 0 Å². The van der Waals surface area contributed by atoms with Crippen LogP contribution in [0, 0.1) is 11.3 Å². The topological polar surface area (TPSA) is 38.9 Å². The van der Waals surface area contributed by atoms with Crippen molar-refractivity contribution in [3.63, 3.8) is 0 Å². The van der Waals surface area contributed by atoms with Crippen LogP contribution in [0.2, 0.25) is 0 Å². The maximum absolute atomic E-state index is 6.71. The van der Waals surface area contributed by atoms with Crippen LogP contribution >= 0.6 is 11.3 Å². The molecular weight excluding hydrogens is 240 g/mol. The van der Waals surface area contributed by atoms with Gasteiger partial charge >= 0.3 is 0 Å². The molecule has 1 saturated carbocycles. The lowest BCUT2D eigenvalue weighted by Gasteiger charge is -2.44. The second-order valence-corrected chi connectivity index (χ2v) is 8.10. The highest BCUT2D eigenvalue weighted by Crippen LogP contribution is 2.47. The second-order valence-electron chi connectivity index (χ2n) is 7.24. The van der Waals surface area contributed by atoms with E-state index < -0.39 is 0 Å². The summed E-state index contributed by atoms with van der Waals surface area (Å²) in [6.45, 7) is 11.4. The molecule has 2 rings (SSSR count). The summed E-state index contributed by atoms with van der Waals surface area (Å²) in [7, 11) is 0. The number of hydrogen-bond acceptors (Lipinski definition) is 3. The largest absolute Gasteiger partial charge is 0.319 e. The zero-order chi connectivity index (χ0) is 13.6. The Hall–Kier alpha value is -0.410. The molecule has 1 aliphatic carbocycles. The third kappa shape index (κ3) is 2.77. The first-order valence-corrected chi connectivity index (χ1v) is 7.85. The number of aromatic nitrogens is 1. The van der Waals surface area contributed by atoms with E-state index >= 15 is 0 Å². The van der Waals surface area contributed by atoms with E-state index in [0.717, 1.165) is 17.8 Å². The van der Waals surface area contributed by atoms with Gasteiger partial charge in [0.15, 0.2) is 0 Å². The van der Waals surface area contributed by atoms with Crippen LogP contribution in [0.3, 0.4) is 0 Å². The van der Waals surface area contributed by atoms with E-state index in [4.69, 9.17) is 10.7 Å². The van der Waals surface area contributed by atoms with E-state index in [2.05, 4.69) is 40.0 Å². The second kappa shape index (κ2) is 4.61. The van der Waals surface area contributed by atoms with Gasteiger partial charge in [-0.25, -0.2) is 4.98 Å². The van der Waals surface area contributed by atoms with Gasteiger partial charge in [-0.3, -0.25) is 0 Å². The van der Waals surface area contributed by atoms with Gasteiger partial charge in [0.25, 0.3) is 0 Å². The standard InChI is InChI=1S/C15H26N2S/c1-10(2)12-8-18-13(17-12)15(16)7-11(3)6-14(4,5)9-15/h8,10-11H,6-7,9,16H2,1-5H3. The van der Waals surface area contributed by atoms with Crippen LogP contribution in [0.25, 0.3) is 0 Å². The lowest BCUT2D eigenvalue weighted by atomic mass is 9.65.